The molecular formula is C15H17N3S. The second-order valence-electron chi connectivity index (χ2n) is 4.58. The van der Waals surface area contributed by atoms with Crippen LogP contribution in [0.4, 0.5) is 5.69 Å². The monoisotopic (exact) mass is 271 g/mol. The van der Waals surface area contributed by atoms with E-state index in [9.17, 15) is 0 Å². The van der Waals surface area contributed by atoms with Crippen molar-refractivity contribution < 1.29 is 0 Å². The van der Waals surface area contributed by atoms with E-state index in [0.29, 0.717) is 4.99 Å². The standard InChI is InChI=1S/C15H17N3S/c1-11-8-13(5-6-14(11)15(16)19)18(2)10-12-4-3-7-17-9-12/h3-9H,10H2,1-2H3,(H2,16,19). The molecule has 1 aromatic carbocycles. The molecule has 0 aliphatic carbocycles. The first-order valence-electron chi connectivity index (χ1n) is 6.08. The van der Waals surface area contributed by atoms with Gasteiger partial charge in [-0.2, -0.15) is 0 Å². The summed E-state index contributed by atoms with van der Waals surface area (Å²) in [7, 11) is 2.06. The van der Waals surface area contributed by atoms with E-state index >= 15 is 0 Å². The summed E-state index contributed by atoms with van der Waals surface area (Å²) in [5.74, 6) is 0. The Bertz CT molecular complexity index is 581. The second-order valence-corrected chi connectivity index (χ2v) is 5.02. The predicted octanol–water partition coefficient (Wildman–Crippen LogP) is 2.66. The molecule has 4 heteroatoms. The number of aromatic nitrogens is 1. The molecule has 0 saturated carbocycles. The Morgan fingerprint density at radius 2 is 2.16 bits per heavy atom. The van der Waals surface area contributed by atoms with Gasteiger partial charge in [0.2, 0.25) is 0 Å². The smallest absolute Gasteiger partial charge is 0.104 e. The molecule has 98 valence electrons. The van der Waals surface area contributed by atoms with Gasteiger partial charge in [0.25, 0.3) is 0 Å². The summed E-state index contributed by atoms with van der Waals surface area (Å²) in [4.78, 5) is 6.74. The number of nitrogens with two attached hydrogens (primary N) is 1. The van der Waals surface area contributed by atoms with E-state index in [-0.39, 0.29) is 0 Å². The zero-order valence-electron chi connectivity index (χ0n) is 11.1. The normalized spacial score (nSPS) is 10.2. The van der Waals surface area contributed by atoms with Crippen LogP contribution in [-0.4, -0.2) is 17.0 Å². The number of aryl methyl sites for hydroxylation is 1. The number of benzene rings is 1. The largest absolute Gasteiger partial charge is 0.389 e. The van der Waals surface area contributed by atoms with Crippen LogP contribution in [0.15, 0.2) is 42.7 Å². The third-order valence-electron chi connectivity index (χ3n) is 3.06. The molecule has 0 aliphatic heterocycles. The summed E-state index contributed by atoms with van der Waals surface area (Å²) in [5.41, 5.74) is 10.0. The Hall–Kier alpha value is -1.94. The van der Waals surface area contributed by atoms with Gasteiger partial charge in [-0.25, -0.2) is 0 Å². The van der Waals surface area contributed by atoms with Crippen LogP contribution in [0.3, 0.4) is 0 Å². The van der Waals surface area contributed by atoms with Crippen molar-refractivity contribution in [2.75, 3.05) is 11.9 Å². The van der Waals surface area contributed by atoms with Gasteiger partial charge in [0.05, 0.1) is 0 Å². The minimum Gasteiger partial charge on any atom is -0.389 e. The van der Waals surface area contributed by atoms with Gasteiger partial charge in [-0.1, -0.05) is 18.3 Å². The average Bonchev–Trinajstić information content (AvgIpc) is 2.39. The van der Waals surface area contributed by atoms with Gasteiger partial charge >= 0.3 is 0 Å². The molecule has 0 fully saturated rings. The maximum absolute atomic E-state index is 5.67. The van der Waals surface area contributed by atoms with Crippen LogP contribution in [0.25, 0.3) is 0 Å². The van der Waals surface area contributed by atoms with E-state index < -0.39 is 0 Å². The maximum Gasteiger partial charge on any atom is 0.104 e. The Morgan fingerprint density at radius 3 is 2.74 bits per heavy atom. The molecule has 3 nitrogen and oxygen atoms in total. The minimum absolute atomic E-state index is 0.443. The van der Waals surface area contributed by atoms with Crippen LogP contribution in [0.5, 0.6) is 0 Å². The fraction of sp³-hybridized carbons (Fsp3) is 0.200. The molecule has 2 aromatic rings. The van der Waals surface area contributed by atoms with Crippen molar-refractivity contribution in [1.29, 1.82) is 0 Å². The molecule has 19 heavy (non-hydrogen) atoms. The summed E-state index contributed by atoms with van der Waals surface area (Å²) >= 11 is 5.02. The zero-order valence-corrected chi connectivity index (χ0v) is 11.9. The first-order valence-corrected chi connectivity index (χ1v) is 6.49. The second kappa shape index (κ2) is 5.80. The first-order chi connectivity index (χ1) is 9.08. The van der Waals surface area contributed by atoms with E-state index in [2.05, 4.69) is 29.1 Å². The van der Waals surface area contributed by atoms with Gasteiger partial charge in [-0.05, 0) is 42.3 Å². The van der Waals surface area contributed by atoms with Gasteiger partial charge in [0.15, 0.2) is 0 Å². The molecule has 0 unspecified atom stereocenters. The van der Waals surface area contributed by atoms with Gasteiger partial charge in [-0.3, -0.25) is 4.98 Å². The lowest BCUT2D eigenvalue weighted by Gasteiger charge is -2.20. The molecule has 2 rings (SSSR count). The molecule has 0 aliphatic rings. The molecule has 1 aromatic heterocycles. The number of nitrogens with zero attached hydrogens (tertiary/aromatic N) is 2. The number of hydrogen-bond acceptors (Lipinski definition) is 3. The SMILES string of the molecule is Cc1cc(N(C)Cc2cccnc2)ccc1C(N)=S. The predicted molar refractivity (Wildman–Crippen MR) is 83.4 cm³/mol. The lowest BCUT2D eigenvalue weighted by atomic mass is 10.1. The van der Waals surface area contributed by atoms with E-state index in [1.54, 1.807) is 6.20 Å². The number of rotatable bonds is 4. The first kappa shape index (κ1) is 13.5. The Balaban J connectivity index is 2.18. The summed E-state index contributed by atoms with van der Waals surface area (Å²) in [5, 5.41) is 0. The Kier molecular flexibility index (Phi) is 4.12. The van der Waals surface area contributed by atoms with Gasteiger partial charge in [-0.15, -0.1) is 0 Å². The summed E-state index contributed by atoms with van der Waals surface area (Å²) in [6.07, 6.45) is 3.66. The van der Waals surface area contributed by atoms with Gasteiger partial charge in [0.1, 0.15) is 4.99 Å². The lowest BCUT2D eigenvalue weighted by molar-refractivity contribution is 0.914. The summed E-state index contributed by atoms with van der Waals surface area (Å²) in [6.45, 7) is 2.84. The fourth-order valence-electron chi connectivity index (χ4n) is 2.02. The Morgan fingerprint density at radius 1 is 1.37 bits per heavy atom. The van der Waals surface area contributed by atoms with Crippen LogP contribution >= 0.6 is 12.2 Å². The van der Waals surface area contributed by atoms with Crippen molar-refractivity contribution in [3.63, 3.8) is 0 Å². The van der Waals surface area contributed by atoms with Gasteiger partial charge in [0, 0.05) is 37.2 Å². The number of hydrogen-bond donors (Lipinski definition) is 1. The van der Waals surface area contributed by atoms with Crippen molar-refractivity contribution in [1.82, 2.24) is 4.98 Å². The molecule has 0 amide bonds. The average molecular weight is 271 g/mol. The highest BCUT2D eigenvalue weighted by Crippen LogP contribution is 2.19. The van der Waals surface area contributed by atoms with E-state index in [4.69, 9.17) is 18.0 Å². The van der Waals surface area contributed by atoms with Gasteiger partial charge < -0.3 is 10.6 Å². The highest BCUT2D eigenvalue weighted by Gasteiger charge is 2.06. The van der Waals surface area contributed by atoms with Crippen LogP contribution in [-0.2, 0) is 6.54 Å². The lowest BCUT2D eigenvalue weighted by Crippen LogP contribution is -2.17. The van der Waals surface area contributed by atoms with E-state index in [1.807, 2.05) is 31.3 Å². The number of thiocarbonyl (C=S) groups is 1. The molecule has 0 radical (unpaired) electrons. The fourth-order valence-corrected chi connectivity index (χ4v) is 2.25. The van der Waals surface area contributed by atoms with Crippen molar-refractivity contribution in [3.8, 4) is 0 Å². The van der Waals surface area contributed by atoms with E-state index in [1.165, 1.54) is 5.56 Å². The van der Waals surface area contributed by atoms with Crippen LogP contribution < -0.4 is 10.6 Å². The quantitative estimate of drug-likeness (QED) is 0.868. The zero-order chi connectivity index (χ0) is 13.8. The molecule has 0 bridgehead atoms. The van der Waals surface area contributed by atoms with Crippen molar-refractivity contribution >= 4 is 22.9 Å². The van der Waals surface area contributed by atoms with Crippen molar-refractivity contribution in [2.45, 2.75) is 13.5 Å². The molecule has 0 atom stereocenters. The number of pyridine rings is 1. The van der Waals surface area contributed by atoms with E-state index in [0.717, 1.165) is 23.4 Å². The minimum atomic E-state index is 0.443. The highest BCUT2D eigenvalue weighted by atomic mass is 32.1. The van der Waals surface area contributed by atoms with Crippen LogP contribution in [0.2, 0.25) is 0 Å². The third kappa shape index (κ3) is 3.29. The third-order valence-corrected chi connectivity index (χ3v) is 3.28. The maximum atomic E-state index is 5.67. The van der Waals surface area contributed by atoms with Crippen LogP contribution in [0, 0.1) is 6.92 Å². The molecule has 0 saturated heterocycles. The van der Waals surface area contributed by atoms with Crippen molar-refractivity contribution in [2.24, 2.45) is 5.73 Å². The van der Waals surface area contributed by atoms with Crippen LogP contribution in [0.1, 0.15) is 16.7 Å². The number of anilines is 1. The highest BCUT2D eigenvalue weighted by molar-refractivity contribution is 7.80. The molecular weight excluding hydrogens is 254 g/mol. The van der Waals surface area contributed by atoms with Crippen molar-refractivity contribution in [3.05, 3.63) is 59.4 Å². The Labute approximate surface area is 119 Å². The molecule has 2 N–H and O–H groups in total. The summed E-state index contributed by atoms with van der Waals surface area (Å²) < 4.78 is 0. The molecule has 0 spiro atoms. The summed E-state index contributed by atoms with van der Waals surface area (Å²) in [6, 6.07) is 10.1. The molecule has 1 heterocycles. The topological polar surface area (TPSA) is 42.2 Å².